The molecule has 0 saturated carbocycles. The van der Waals surface area contributed by atoms with Crippen molar-refractivity contribution in [2.24, 2.45) is 11.1 Å². The van der Waals surface area contributed by atoms with Gasteiger partial charge in [0.25, 0.3) is 5.89 Å². The van der Waals surface area contributed by atoms with Gasteiger partial charge in [-0.3, -0.25) is 0 Å². The first kappa shape index (κ1) is 12.5. The van der Waals surface area contributed by atoms with Crippen molar-refractivity contribution in [3.63, 3.8) is 0 Å². The second-order valence-electron chi connectivity index (χ2n) is 5.85. The van der Waals surface area contributed by atoms with E-state index in [4.69, 9.17) is 15.0 Å². The fourth-order valence-corrected chi connectivity index (χ4v) is 1.88. The van der Waals surface area contributed by atoms with Crippen molar-refractivity contribution in [1.29, 1.82) is 0 Å². The molecule has 0 aliphatic carbocycles. The third-order valence-electron chi connectivity index (χ3n) is 3.18. The van der Waals surface area contributed by atoms with Crippen molar-refractivity contribution < 1.29 is 9.26 Å². The molecule has 1 saturated heterocycles. The lowest BCUT2D eigenvalue weighted by Gasteiger charge is -2.23. The first-order valence-electron chi connectivity index (χ1n) is 6.12. The molecule has 3 atom stereocenters. The molecular formula is C12H21N3O2. The maximum Gasteiger partial charge on any atom is 0.255 e. The molecule has 5 nitrogen and oxygen atoms in total. The summed E-state index contributed by atoms with van der Waals surface area (Å²) < 4.78 is 10.9. The second-order valence-corrected chi connectivity index (χ2v) is 5.85. The number of aromatic nitrogens is 2. The lowest BCUT2D eigenvalue weighted by molar-refractivity contribution is 0.0355. The van der Waals surface area contributed by atoms with Crippen molar-refractivity contribution in [3.8, 4) is 0 Å². The minimum Gasteiger partial charge on any atom is -0.365 e. The van der Waals surface area contributed by atoms with E-state index in [2.05, 4.69) is 37.8 Å². The molecule has 2 N–H and O–H groups in total. The van der Waals surface area contributed by atoms with Gasteiger partial charge in [0.1, 0.15) is 6.10 Å². The Kier molecular flexibility index (Phi) is 3.23. The van der Waals surface area contributed by atoms with E-state index in [1.54, 1.807) is 0 Å². The van der Waals surface area contributed by atoms with Crippen molar-refractivity contribution in [2.75, 3.05) is 0 Å². The quantitative estimate of drug-likeness (QED) is 0.857. The molecule has 0 spiro atoms. The van der Waals surface area contributed by atoms with Gasteiger partial charge in [0.05, 0.1) is 12.1 Å². The minimum absolute atomic E-state index is 0.0570. The fourth-order valence-electron chi connectivity index (χ4n) is 1.88. The van der Waals surface area contributed by atoms with Gasteiger partial charge in [-0.05, 0) is 25.2 Å². The average molecular weight is 239 g/mol. The molecule has 1 aromatic rings. The van der Waals surface area contributed by atoms with Crippen LogP contribution < -0.4 is 5.73 Å². The molecule has 3 unspecified atom stereocenters. The Morgan fingerprint density at radius 1 is 1.35 bits per heavy atom. The molecule has 1 aromatic heterocycles. The highest BCUT2D eigenvalue weighted by molar-refractivity contribution is 5.00. The molecule has 1 aliphatic heterocycles. The summed E-state index contributed by atoms with van der Waals surface area (Å²) in [6, 6.07) is -0.223. The van der Waals surface area contributed by atoms with Crippen LogP contribution in [0.3, 0.4) is 0 Å². The molecule has 0 radical (unpaired) electrons. The van der Waals surface area contributed by atoms with Gasteiger partial charge in [-0.15, -0.1) is 0 Å². The highest BCUT2D eigenvalue weighted by atomic mass is 16.5. The molecule has 5 heteroatoms. The molecule has 96 valence electrons. The van der Waals surface area contributed by atoms with Crippen LogP contribution in [0.4, 0.5) is 0 Å². The van der Waals surface area contributed by atoms with Crippen LogP contribution in [0.15, 0.2) is 4.52 Å². The van der Waals surface area contributed by atoms with E-state index in [0.29, 0.717) is 11.7 Å². The van der Waals surface area contributed by atoms with Crippen molar-refractivity contribution in [2.45, 2.75) is 58.8 Å². The Morgan fingerprint density at radius 3 is 2.59 bits per heavy atom. The van der Waals surface area contributed by atoms with E-state index in [1.807, 2.05) is 0 Å². The van der Waals surface area contributed by atoms with Gasteiger partial charge in [-0.25, -0.2) is 0 Å². The van der Waals surface area contributed by atoms with Crippen molar-refractivity contribution in [1.82, 2.24) is 10.1 Å². The summed E-state index contributed by atoms with van der Waals surface area (Å²) in [6.45, 7) is 8.23. The highest BCUT2D eigenvalue weighted by Gasteiger charge is 2.31. The van der Waals surface area contributed by atoms with E-state index in [0.717, 1.165) is 12.8 Å². The standard InChI is InChI=1S/C12H21N3O2/c1-7-5-6-8(16-7)11-14-10(15-17-11)9(13)12(2,3)4/h7-9H,5-6,13H2,1-4H3. The summed E-state index contributed by atoms with van der Waals surface area (Å²) in [5, 5.41) is 3.96. The van der Waals surface area contributed by atoms with Crippen molar-refractivity contribution >= 4 is 0 Å². The monoisotopic (exact) mass is 239 g/mol. The number of hydrogen-bond acceptors (Lipinski definition) is 5. The van der Waals surface area contributed by atoms with Gasteiger partial charge in [0, 0.05) is 0 Å². The molecule has 2 rings (SSSR count). The van der Waals surface area contributed by atoms with E-state index in [1.165, 1.54) is 0 Å². The van der Waals surface area contributed by atoms with Crippen LogP contribution in [0.2, 0.25) is 0 Å². The summed E-state index contributed by atoms with van der Waals surface area (Å²) in [4.78, 5) is 4.37. The Hall–Kier alpha value is -0.940. The maximum atomic E-state index is 6.09. The van der Waals surface area contributed by atoms with Crippen LogP contribution in [-0.2, 0) is 4.74 Å². The largest absolute Gasteiger partial charge is 0.365 e. The lowest BCUT2D eigenvalue weighted by atomic mass is 9.87. The third-order valence-corrected chi connectivity index (χ3v) is 3.18. The Balaban J connectivity index is 2.11. The minimum atomic E-state index is -0.223. The summed E-state index contributed by atoms with van der Waals surface area (Å²) >= 11 is 0. The smallest absolute Gasteiger partial charge is 0.255 e. The predicted molar refractivity (Wildman–Crippen MR) is 63.2 cm³/mol. The third kappa shape index (κ3) is 2.66. The van der Waals surface area contributed by atoms with E-state index < -0.39 is 0 Å². The molecule has 0 amide bonds. The summed E-state index contributed by atoms with van der Waals surface area (Å²) in [5.41, 5.74) is 6.01. The molecule has 2 heterocycles. The highest BCUT2D eigenvalue weighted by Crippen LogP contribution is 2.33. The number of rotatable bonds is 2. The fraction of sp³-hybridized carbons (Fsp3) is 0.833. The number of hydrogen-bond donors (Lipinski definition) is 1. The normalized spacial score (nSPS) is 27.4. The molecule has 17 heavy (non-hydrogen) atoms. The second kappa shape index (κ2) is 4.38. The van der Waals surface area contributed by atoms with Gasteiger partial charge in [-0.2, -0.15) is 4.98 Å². The molecule has 1 aliphatic rings. The van der Waals surface area contributed by atoms with Crippen LogP contribution in [0.5, 0.6) is 0 Å². The summed E-state index contributed by atoms with van der Waals surface area (Å²) in [5.74, 6) is 1.12. The van der Waals surface area contributed by atoms with E-state index in [-0.39, 0.29) is 23.7 Å². The van der Waals surface area contributed by atoms with Crippen LogP contribution >= 0.6 is 0 Å². The average Bonchev–Trinajstić information content (AvgIpc) is 2.83. The first-order chi connectivity index (χ1) is 7.88. The summed E-state index contributed by atoms with van der Waals surface area (Å²) in [7, 11) is 0. The van der Waals surface area contributed by atoms with Crippen LogP contribution in [0.1, 0.15) is 64.4 Å². The van der Waals surface area contributed by atoms with Gasteiger partial charge in [-0.1, -0.05) is 25.9 Å². The lowest BCUT2D eigenvalue weighted by Crippen LogP contribution is -2.27. The Bertz CT molecular complexity index is 383. The van der Waals surface area contributed by atoms with Crippen LogP contribution in [0.25, 0.3) is 0 Å². The number of nitrogens with zero attached hydrogens (tertiary/aromatic N) is 2. The predicted octanol–water partition coefficient (Wildman–Crippen LogP) is 2.36. The first-order valence-corrected chi connectivity index (χ1v) is 6.12. The van der Waals surface area contributed by atoms with Gasteiger partial charge >= 0.3 is 0 Å². The number of ether oxygens (including phenoxy) is 1. The SMILES string of the molecule is CC1CCC(c2nc(C(N)C(C)(C)C)no2)O1. The van der Waals surface area contributed by atoms with Gasteiger partial charge in [0.15, 0.2) is 5.82 Å². The Morgan fingerprint density at radius 2 is 2.06 bits per heavy atom. The van der Waals surface area contributed by atoms with Crippen LogP contribution in [-0.4, -0.2) is 16.2 Å². The topological polar surface area (TPSA) is 74.2 Å². The Labute approximate surface area is 102 Å². The van der Waals surface area contributed by atoms with Crippen molar-refractivity contribution in [3.05, 3.63) is 11.7 Å². The maximum absolute atomic E-state index is 6.09. The van der Waals surface area contributed by atoms with E-state index in [9.17, 15) is 0 Å². The molecule has 1 fully saturated rings. The number of nitrogens with two attached hydrogens (primary N) is 1. The molecule has 0 aromatic carbocycles. The molecule has 0 bridgehead atoms. The summed E-state index contributed by atoms with van der Waals surface area (Å²) in [6.07, 6.45) is 2.19. The zero-order valence-corrected chi connectivity index (χ0v) is 10.9. The van der Waals surface area contributed by atoms with Crippen LogP contribution in [0, 0.1) is 5.41 Å². The van der Waals surface area contributed by atoms with E-state index >= 15 is 0 Å². The van der Waals surface area contributed by atoms with Gasteiger partial charge in [0.2, 0.25) is 0 Å². The zero-order valence-electron chi connectivity index (χ0n) is 10.9. The zero-order chi connectivity index (χ0) is 12.6. The molecular weight excluding hydrogens is 218 g/mol. The van der Waals surface area contributed by atoms with Gasteiger partial charge < -0.3 is 15.0 Å².